The maximum atomic E-state index is 5.56. The summed E-state index contributed by atoms with van der Waals surface area (Å²) in [6.07, 6.45) is 0. The van der Waals surface area contributed by atoms with E-state index in [0.29, 0.717) is 5.11 Å². The molecular formula is C22H22N2OS. The number of rotatable bonds is 5. The van der Waals surface area contributed by atoms with Crippen molar-refractivity contribution in [3.63, 3.8) is 0 Å². The number of methoxy groups -OCH3 is 1. The van der Waals surface area contributed by atoms with Crippen molar-refractivity contribution in [3.8, 4) is 5.75 Å². The van der Waals surface area contributed by atoms with Crippen molar-refractivity contribution in [1.29, 1.82) is 0 Å². The first-order chi connectivity index (χ1) is 12.7. The Balaban J connectivity index is 1.82. The van der Waals surface area contributed by atoms with E-state index in [2.05, 4.69) is 54.0 Å². The van der Waals surface area contributed by atoms with Crippen molar-refractivity contribution in [2.45, 2.75) is 13.0 Å². The van der Waals surface area contributed by atoms with Crippen LogP contribution in [0.2, 0.25) is 0 Å². The van der Waals surface area contributed by atoms with E-state index < -0.39 is 0 Å². The van der Waals surface area contributed by atoms with Gasteiger partial charge in [0.2, 0.25) is 0 Å². The van der Waals surface area contributed by atoms with Crippen LogP contribution in [-0.2, 0) is 0 Å². The number of anilines is 1. The highest BCUT2D eigenvalue weighted by Crippen LogP contribution is 2.23. The molecule has 0 heterocycles. The molecule has 1 atom stereocenters. The summed E-state index contributed by atoms with van der Waals surface area (Å²) in [5, 5.41) is 7.25. The third kappa shape index (κ3) is 4.61. The summed E-state index contributed by atoms with van der Waals surface area (Å²) in [5.41, 5.74) is 4.44. The average Bonchev–Trinajstić information content (AvgIpc) is 2.67. The fraction of sp³-hybridized carbons (Fsp3) is 0.136. The van der Waals surface area contributed by atoms with Crippen molar-refractivity contribution in [2.24, 2.45) is 0 Å². The van der Waals surface area contributed by atoms with Gasteiger partial charge in [-0.05, 0) is 42.4 Å². The molecule has 3 aromatic carbocycles. The molecule has 3 nitrogen and oxygen atoms in total. The molecule has 3 aromatic rings. The Hall–Kier alpha value is -2.85. The second-order valence-electron chi connectivity index (χ2n) is 6.09. The molecule has 0 fully saturated rings. The lowest BCUT2D eigenvalue weighted by atomic mass is 9.97. The zero-order valence-electron chi connectivity index (χ0n) is 14.9. The van der Waals surface area contributed by atoms with Gasteiger partial charge >= 0.3 is 0 Å². The quantitative estimate of drug-likeness (QED) is 0.620. The van der Waals surface area contributed by atoms with E-state index in [-0.39, 0.29) is 6.04 Å². The van der Waals surface area contributed by atoms with Gasteiger partial charge in [-0.15, -0.1) is 0 Å². The normalized spacial score (nSPS) is 11.5. The van der Waals surface area contributed by atoms with Gasteiger partial charge in [0.25, 0.3) is 0 Å². The first kappa shape index (κ1) is 18.0. The number of hydrogen-bond acceptors (Lipinski definition) is 2. The summed E-state index contributed by atoms with van der Waals surface area (Å²) in [7, 11) is 1.65. The molecule has 0 aliphatic heterocycles. The second kappa shape index (κ2) is 8.50. The van der Waals surface area contributed by atoms with Crippen LogP contribution in [-0.4, -0.2) is 12.2 Å². The topological polar surface area (TPSA) is 33.3 Å². The summed E-state index contributed by atoms with van der Waals surface area (Å²) in [5.74, 6) is 0.788. The molecule has 132 valence electrons. The van der Waals surface area contributed by atoms with Crippen molar-refractivity contribution < 1.29 is 4.74 Å². The second-order valence-corrected chi connectivity index (χ2v) is 6.50. The Morgan fingerprint density at radius 3 is 2.35 bits per heavy atom. The third-order valence-electron chi connectivity index (χ3n) is 4.11. The summed E-state index contributed by atoms with van der Waals surface area (Å²) < 4.78 is 5.27. The van der Waals surface area contributed by atoms with Crippen LogP contribution in [0.4, 0.5) is 5.69 Å². The maximum Gasteiger partial charge on any atom is 0.171 e. The minimum Gasteiger partial charge on any atom is -0.497 e. The van der Waals surface area contributed by atoms with Gasteiger partial charge in [0, 0.05) is 11.8 Å². The first-order valence-corrected chi connectivity index (χ1v) is 8.89. The summed E-state index contributed by atoms with van der Waals surface area (Å²) >= 11 is 5.56. The van der Waals surface area contributed by atoms with Crippen LogP contribution in [0.25, 0.3) is 0 Å². The summed E-state index contributed by atoms with van der Waals surface area (Å²) in [4.78, 5) is 0. The van der Waals surface area contributed by atoms with Gasteiger partial charge in [-0.25, -0.2) is 0 Å². The Labute approximate surface area is 160 Å². The molecule has 3 rings (SSSR count). The molecule has 0 unspecified atom stereocenters. The van der Waals surface area contributed by atoms with Crippen LogP contribution in [0, 0.1) is 6.92 Å². The van der Waals surface area contributed by atoms with E-state index >= 15 is 0 Å². The standard InChI is InChI=1S/C22H22N2OS/c1-16-8-6-11-18(14-16)21(17-9-4-3-5-10-17)24-22(26)23-19-12-7-13-20(15-19)25-2/h3-15,21H,1-2H3,(H2,23,24,26)/t21-/m1/s1. The molecule has 26 heavy (non-hydrogen) atoms. The monoisotopic (exact) mass is 362 g/mol. The van der Waals surface area contributed by atoms with Crippen LogP contribution in [0.1, 0.15) is 22.7 Å². The molecule has 2 N–H and O–H groups in total. The minimum absolute atomic E-state index is 0.0262. The Morgan fingerprint density at radius 1 is 0.885 bits per heavy atom. The number of benzene rings is 3. The van der Waals surface area contributed by atoms with E-state index in [1.165, 1.54) is 11.1 Å². The lowest BCUT2D eigenvalue weighted by molar-refractivity contribution is 0.415. The Kier molecular flexibility index (Phi) is 5.87. The van der Waals surface area contributed by atoms with E-state index in [1.54, 1.807) is 7.11 Å². The first-order valence-electron chi connectivity index (χ1n) is 8.49. The van der Waals surface area contributed by atoms with Crippen molar-refractivity contribution >= 4 is 23.0 Å². The molecule has 4 heteroatoms. The number of nitrogens with one attached hydrogen (secondary N) is 2. The number of aryl methyl sites for hydroxylation is 1. The Morgan fingerprint density at radius 2 is 1.62 bits per heavy atom. The van der Waals surface area contributed by atoms with Crippen LogP contribution in [0.5, 0.6) is 5.75 Å². The Bertz CT molecular complexity index is 880. The lowest BCUT2D eigenvalue weighted by Crippen LogP contribution is -2.33. The molecule has 0 saturated heterocycles. The van der Waals surface area contributed by atoms with Crippen LogP contribution < -0.4 is 15.4 Å². The van der Waals surface area contributed by atoms with Gasteiger partial charge in [0.1, 0.15) is 5.75 Å². The fourth-order valence-electron chi connectivity index (χ4n) is 2.85. The lowest BCUT2D eigenvalue weighted by Gasteiger charge is -2.22. The van der Waals surface area contributed by atoms with Crippen molar-refractivity contribution in [1.82, 2.24) is 5.32 Å². The molecule has 0 aliphatic carbocycles. The maximum absolute atomic E-state index is 5.56. The van der Waals surface area contributed by atoms with E-state index in [4.69, 9.17) is 17.0 Å². The summed E-state index contributed by atoms with van der Waals surface area (Å²) in [6, 6.07) is 26.5. The molecule has 0 radical (unpaired) electrons. The smallest absolute Gasteiger partial charge is 0.171 e. The van der Waals surface area contributed by atoms with E-state index in [9.17, 15) is 0 Å². The number of ether oxygens (including phenoxy) is 1. The van der Waals surface area contributed by atoms with E-state index in [1.807, 2.05) is 42.5 Å². The molecule has 0 spiro atoms. The molecule has 0 amide bonds. The van der Waals surface area contributed by atoms with Gasteiger partial charge in [0.15, 0.2) is 5.11 Å². The van der Waals surface area contributed by atoms with Gasteiger partial charge in [-0.2, -0.15) is 0 Å². The molecule has 0 aromatic heterocycles. The van der Waals surface area contributed by atoms with Crippen LogP contribution >= 0.6 is 12.2 Å². The van der Waals surface area contributed by atoms with Crippen LogP contribution in [0.3, 0.4) is 0 Å². The molecule has 0 bridgehead atoms. The highest BCUT2D eigenvalue weighted by Gasteiger charge is 2.15. The fourth-order valence-corrected chi connectivity index (χ4v) is 3.09. The molecule has 0 saturated carbocycles. The predicted octanol–water partition coefficient (Wildman–Crippen LogP) is 5.08. The number of thiocarbonyl (C=S) groups is 1. The van der Waals surface area contributed by atoms with Crippen LogP contribution in [0.15, 0.2) is 78.9 Å². The van der Waals surface area contributed by atoms with E-state index in [0.717, 1.165) is 17.0 Å². The SMILES string of the molecule is COc1cccc(NC(=S)N[C@H](c2ccccc2)c2cccc(C)c2)c1. The molecule has 0 aliphatic rings. The van der Waals surface area contributed by atoms with Gasteiger partial charge in [-0.3, -0.25) is 0 Å². The highest BCUT2D eigenvalue weighted by atomic mass is 32.1. The minimum atomic E-state index is -0.0262. The van der Waals surface area contributed by atoms with Crippen molar-refractivity contribution in [3.05, 3.63) is 95.6 Å². The molecular weight excluding hydrogens is 340 g/mol. The van der Waals surface area contributed by atoms with Crippen molar-refractivity contribution in [2.75, 3.05) is 12.4 Å². The van der Waals surface area contributed by atoms with Gasteiger partial charge in [-0.1, -0.05) is 66.2 Å². The highest BCUT2D eigenvalue weighted by molar-refractivity contribution is 7.80. The predicted molar refractivity (Wildman–Crippen MR) is 112 cm³/mol. The average molecular weight is 362 g/mol. The third-order valence-corrected chi connectivity index (χ3v) is 4.33. The van der Waals surface area contributed by atoms with Gasteiger partial charge in [0.05, 0.1) is 13.2 Å². The number of hydrogen-bond donors (Lipinski definition) is 2. The largest absolute Gasteiger partial charge is 0.497 e. The zero-order chi connectivity index (χ0) is 18.4. The summed E-state index contributed by atoms with van der Waals surface area (Å²) in [6.45, 7) is 2.10. The van der Waals surface area contributed by atoms with Gasteiger partial charge < -0.3 is 15.4 Å². The zero-order valence-corrected chi connectivity index (χ0v) is 15.7.